The number of hydrogen-bond donors (Lipinski definition) is 1. The first-order chi connectivity index (χ1) is 7.86. The predicted octanol–water partition coefficient (Wildman–Crippen LogP) is 2.92. The first-order valence-corrected chi connectivity index (χ1v) is 6.76. The Bertz CT molecular complexity index is 291. The smallest absolute Gasteiger partial charge is 0.0587 e. The number of rotatable bonds is 8. The van der Waals surface area contributed by atoms with Crippen LogP contribution in [0.1, 0.15) is 18.9 Å². The van der Waals surface area contributed by atoms with Gasteiger partial charge in [0, 0.05) is 25.1 Å². The fourth-order valence-electron chi connectivity index (χ4n) is 1.37. The molecule has 1 N–H and O–H groups in total. The molecule has 0 aromatic heterocycles. The van der Waals surface area contributed by atoms with Crippen molar-refractivity contribution < 1.29 is 4.74 Å². The van der Waals surface area contributed by atoms with Crippen molar-refractivity contribution in [1.29, 1.82) is 0 Å². The second kappa shape index (κ2) is 8.62. The number of ether oxygens (including phenoxy) is 1. The van der Waals surface area contributed by atoms with Crippen LogP contribution in [-0.2, 0) is 11.3 Å². The van der Waals surface area contributed by atoms with Gasteiger partial charge in [0.25, 0.3) is 0 Å². The summed E-state index contributed by atoms with van der Waals surface area (Å²) in [6.45, 7) is 4.81. The zero-order valence-corrected chi connectivity index (χ0v) is 11.0. The minimum absolute atomic E-state index is 0.768. The largest absolute Gasteiger partial charge is 0.383 e. The van der Waals surface area contributed by atoms with Crippen molar-refractivity contribution in [3.05, 3.63) is 29.8 Å². The van der Waals surface area contributed by atoms with E-state index in [0.717, 1.165) is 19.7 Å². The molecule has 0 heterocycles. The first-order valence-electron chi connectivity index (χ1n) is 5.78. The van der Waals surface area contributed by atoms with Crippen LogP contribution < -0.4 is 5.32 Å². The van der Waals surface area contributed by atoms with Crippen LogP contribution in [0.4, 0.5) is 0 Å². The van der Waals surface area contributed by atoms with Gasteiger partial charge in [-0.1, -0.05) is 19.1 Å². The quantitative estimate of drug-likeness (QED) is 0.557. The van der Waals surface area contributed by atoms with E-state index in [0.29, 0.717) is 0 Å². The maximum absolute atomic E-state index is 4.99. The summed E-state index contributed by atoms with van der Waals surface area (Å²) in [6, 6.07) is 8.74. The number of nitrogens with one attached hydrogen (secondary N) is 1. The molecule has 0 aliphatic carbocycles. The average Bonchev–Trinajstić information content (AvgIpc) is 2.33. The predicted molar refractivity (Wildman–Crippen MR) is 71.0 cm³/mol. The lowest BCUT2D eigenvalue weighted by atomic mass is 10.2. The van der Waals surface area contributed by atoms with Gasteiger partial charge < -0.3 is 10.1 Å². The molecule has 3 heteroatoms. The summed E-state index contributed by atoms with van der Waals surface area (Å²) < 4.78 is 4.99. The molecule has 1 aromatic carbocycles. The van der Waals surface area contributed by atoms with Crippen molar-refractivity contribution in [1.82, 2.24) is 5.32 Å². The molecule has 1 rings (SSSR count). The van der Waals surface area contributed by atoms with Crippen molar-refractivity contribution in [3.8, 4) is 0 Å². The fraction of sp³-hybridized carbons (Fsp3) is 0.538. The van der Waals surface area contributed by atoms with Crippen molar-refractivity contribution in [2.45, 2.75) is 24.8 Å². The molecular weight excluding hydrogens is 218 g/mol. The lowest BCUT2D eigenvalue weighted by Crippen LogP contribution is -2.18. The SMILES string of the molecule is CCCSc1cccc(CNCCOC)c1. The van der Waals surface area contributed by atoms with Gasteiger partial charge in [-0.15, -0.1) is 11.8 Å². The molecule has 1 aromatic rings. The minimum Gasteiger partial charge on any atom is -0.383 e. The van der Waals surface area contributed by atoms with E-state index in [9.17, 15) is 0 Å². The highest BCUT2D eigenvalue weighted by atomic mass is 32.2. The molecule has 16 heavy (non-hydrogen) atoms. The standard InChI is InChI=1S/C13H21NOS/c1-3-9-16-13-6-4-5-12(10-13)11-14-7-8-15-2/h4-6,10,14H,3,7-9,11H2,1-2H3. The third-order valence-corrected chi connectivity index (χ3v) is 3.38. The summed E-state index contributed by atoms with van der Waals surface area (Å²) in [6.07, 6.45) is 1.22. The van der Waals surface area contributed by atoms with E-state index in [1.165, 1.54) is 22.6 Å². The topological polar surface area (TPSA) is 21.3 Å². The van der Waals surface area contributed by atoms with Crippen LogP contribution in [-0.4, -0.2) is 26.0 Å². The Hall–Kier alpha value is -0.510. The molecule has 0 aliphatic heterocycles. The molecule has 0 radical (unpaired) electrons. The lowest BCUT2D eigenvalue weighted by molar-refractivity contribution is 0.199. The maximum atomic E-state index is 4.99. The fourth-order valence-corrected chi connectivity index (χ4v) is 2.22. The van der Waals surface area contributed by atoms with Gasteiger partial charge in [0.1, 0.15) is 0 Å². The molecular formula is C13H21NOS. The Kier molecular flexibility index (Phi) is 7.30. The first kappa shape index (κ1) is 13.6. The van der Waals surface area contributed by atoms with Gasteiger partial charge in [0.15, 0.2) is 0 Å². The lowest BCUT2D eigenvalue weighted by Gasteiger charge is -2.06. The van der Waals surface area contributed by atoms with E-state index >= 15 is 0 Å². The summed E-state index contributed by atoms with van der Waals surface area (Å²) in [5, 5.41) is 3.35. The highest BCUT2D eigenvalue weighted by Gasteiger charge is 1.96. The summed E-state index contributed by atoms with van der Waals surface area (Å²) >= 11 is 1.93. The summed E-state index contributed by atoms with van der Waals surface area (Å²) in [4.78, 5) is 1.37. The molecule has 90 valence electrons. The highest BCUT2D eigenvalue weighted by molar-refractivity contribution is 7.99. The van der Waals surface area contributed by atoms with Crippen LogP contribution in [0.3, 0.4) is 0 Å². The van der Waals surface area contributed by atoms with Crippen LogP contribution in [0.15, 0.2) is 29.2 Å². The molecule has 0 atom stereocenters. The highest BCUT2D eigenvalue weighted by Crippen LogP contribution is 2.19. The number of hydrogen-bond acceptors (Lipinski definition) is 3. The molecule has 0 unspecified atom stereocenters. The van der Waals surface area contributed by atoms with Crippen molar-refractivity contribution in [3.63, 3.8) is 0 Å². The molecule has 0 saturated carbocycles. The van der Waals surface area contributed by atoms with Crippen LogP contribution in [0, 0.1) is 0 Å². The van der Waals surface area contributed by atoms with Crippen molar-refractivity contribution >= 4 is 11.8 Å². The van der Waals surface area contributed by atoms with E-state index in [2.05, 4.69) is 36.5 Å². The van der Waals surface area contributed by atoms with Crippen LogP contribution in [0.5, 0.6) is 0 Å². The van der Waals surface area contributed by atoms with Gasteiger partial charge in [-0.25, -0.2) is 0 Å². The Morgan fingerprint density at radius 1 is 1.38 bits per heavy atom. The zero-order valence-electron chi connectivity index (χ0n) is 10.2. The Labute approximate surface area is 103 Å². The number of thioether (sulfide) groups is 1. The van der Waals surface area contributed by atoms with Gasteiger partial charge in [-0.3, -0.25) is 0 Å². The maximum Gasteiger partial charge on any atom is 0.0587 e. The van der Waals surface area contributed by atoms with Crippen molar-refractivity contribution in [2.75, 3.05) is 26.0 Å². The summed E-state index contributed by atoms with van der Waals surface area (Å²) in [5.41, 5.74) is 1.34. The van der Waals surface area contributed by atoms with E-state index < -0.39 is 0 Å². The molecule has 0 spiro atoms. The number of methoxy groups -OCH3 is 1. The normalized spacial score (nSPS) is 10.6. The van der Waals surface area contributed by atoms with Gasteiger partial charge in [-0.05, 0) is 29.9 Å². The monoisotopic (exact) mass is 239 g/mol. The molecule has 0 saturated heterocycles. The van der Waals surface area contributed by atoms with Gasteiger partial charge in [0.2, 0.25) is 0 Å². The second-order valence-corrected chi connectivity index (χ2v) is 4.83. The average molecular weight is 239 g/mol. The van der Waals surface area contributed by atoms with E-state index in [-0.39, 0.29) is 0 Å². The third kappa shape index (κ3) is 5.54. The molecule has 0 fully saturated rings. The zero-order chi connectivity index (χ0) is 11.6. The third-order valence-electron chi connectivity index (χ3n) is 2.18. The van der Waals surface area contributed by atoms with E-state index in [4.69, 9.17) is 4.74 Å². The summed E-state index contributed by atoms with van der Waals surface area (Å²) in [5.74, 6) is 1.19. The van der Waals surface area contributed by atoms with Gasteiger partial charge >= 0.3 is 0 Å². The summed E-state index contributed by atoms with van der Waals surface area (Å²) in [7, 11) is 1.73. The van der Waals surface area contributed by atoms with Crippen molar-refractivity contribution in [2.24, 2.45) is 0 Å². The second-order valence-electron chi connectivity index (χ2n) is 3.67. The van der Waals surface area contributed by atoms with Gasteiger partial charge in [0.05, 0.1) is 6.61 Å². The molecule has 0 bridgehead atoms. The van der Waals surface area contributed by atoms with E-state index in [1.807, 2.05) is 11.8 Å². The van der Waals surface area contributed by atoms with Crippen LogP contribution in [0.2, 0.25) is 0 Å². The van der Waals surface area contributed by atoms with E-state index in [1.54, 1.807) is 7.11 Å². The number of benzene rings is 1. The van der Waals surface area contributed by atoms with Crippen LogP contribution in [0.25, 0.3) is 0 Å². The van der Waals surface area contributed by atoms with Crippen LogP contribution >= 0.6 is 11.8 Å². The Balaban J connectivity index is 2.35. The molecule has 0 amide bonds. The molecule has 2 nitrogen and oxygen atoms in total. The van der Waals surface area contributed by atoms with Gasteiger partial charge in [-0.2, -0.15) is 0 Å². The Morgan fingerprint density at radius 3 is 3.00 bits per heavy atom. The minimum atomic E-state index is 0.768. The molecule has 0 aliphatic rings. The Morgan fingerprint density at radius 2 is 2.25 bits per heavy atom.